The van der Waals surface area contributed by atoms with Crippen molar-refractivity contribution in [3.63, 3.8) is 0 Å². The predicted octanol–water partition coefficient (Wildman–Crippen LogP) is 1.71. The Kier molecular flexibility index (Phi) is 5.18. The summed E-state index contributed by atoms with van der Waals surface area (Å²) in [7, 11) is 0. The number of anilines is 1. The zero-order valence-corrected chi connectivity index (χ0v) is 9.81. The van der Waals surface area contributed by atoms with Gasteiger partial charge in [0.05, 0.1) is 6.07 Å². The van der Waals surface area contributed by atoms with Crippen molar-refractivity contribution >= 4 is 11.6 Å². The first-order chi connectivity index (χ1) is 8.17. The number of hydrogen-bond acceptors (Lipinski definition) is 3. The van der Waals surface area contributed by atoms with Gasteiger partial charge in [0.15, 0.2) is 0 Å². The molecule has 0 fully saturated rings. The van der Waals surface area contributed by atoms with Gasteiger partial charge in [-0.3, -0.25) is 4.79 Å². The number of nitrogens with one attached hydrogen (secondary N) is 1. The number of carbonyl (C=O) groups is 1. The van der Waals surface area contributed by atoms with Crippen molar-refractivity contribution in [1.29, 1.82) is 5.26 Å². The highest BCUT2D eigenvalue weighted by Gasteiger charge is 2.11. The molecular weight excluding hydrogens is 216 g/mol. The van der Waals surface area contributed by atoms with Gasteiger partial charge in [-0.1, -0.05) is 12.1 Å². The summed E-state index contributed by atoms with van der Waals surface area (Å²) in [5.74, 6) is -0.956. The Bertz CT molecular complexity index is 424. The highest BCUT2D eigenvalue weighted by molar-refractivity contribution is 5.93. The van der Waals surface area contributed by atoms with E-state index < -0.39 is 5.92 Å². The molecule has 1 aromatic carbocycles. The number of rotatable bonds is 5. The number of benzene rings is 1. The second-order valence-corrected chi connectivity index (χ2v) is 3.87. The molecule has 1 unspecified atom stereocenters. The zero-order chi connectivity index (χ0) is 12.7. The van der Waals surface area contributed by atoms with E-state index in [2.05, 4.69) is 5.32 Å². The molecule has 1 rings (SSSR count). The molecule has 0 bridgehead atoms. The molecule has 17 heavy (non-hydrogen) atoms. The normalized spacial score (nSPS) is 11.6. The van der Waals surface area contributed by atoms with Crippen LogP contribution in [0, 0.1) is 17.2 Å². The maximum absolute atomic E-state index is 11.5. The topological polar surface area (TPSA) is 73.1 Å². The summed E-state index contributed by atoms with van der Waals surface area (Å²) in [6, 6.07) is 9.32. The van der Waals surface area contributed by atoms with Gasteiger partial charge in [0.1, 0.15) is 5.92 Å². The number of aryl methyl sites for hydroxylation is 1. The van der Waals surface area contributed by atoms with E-state index in [-0.39, 0.29) is 12.5 Å². The Morgan fingerprint density at radius 3 is 3.00 bits per heavy atom. The van der Waals surface area contributed by atoms with Crippen molar-refractivity contribution in [1.82, 2.24) is 0 Å². The number of aliphatic hydroxyl groups excluding tert-OH is 1. The number of aliphatic hydroxyl groups is 1. The number of amides is 1. The van der Waals surface area contributed by atoms with Crippen LogP contribution in [0.2, 0.25) is 0 Å². The molecule has 0 aliphatic rings. The minimum atomic E-state index is -0.656. The van der Waals surface area contributed by atoms with Crippen LogP contribution < -0.4 is 5.32 Å². The third-order valence-electron chi connectivity index (χ3n) is 2.41. The number of hydrogen-bond donors (Lipinski definition) is 2. The Morgan fingerprint density at radius 2 is 2.35 bits per heavy atom. The third-order valence-corrected chi connectivity index (χ3v) is 2.41. The molecule has 1 atom stereocenters. The van der Waals surface area contributed by atoms with E-state index in [0.717, 1.165) is 12.0 Å². The lowest BCUT2D eigenvalue weighted by Gasteiger charge is -2.08. The molecule has 0 saturated carbocycles. The summed E-state index contributed by atoms with van der Waals surface area (Å²) >= 11 is 0. The van der Waals surface area contributed by atoms with Crippen molar-refractivity contribution in [2.75, 3.05) is 11.9 Å². The van der Waals surface area contributed by atoms with Crippen molar-refractivity contribution in [3.05, 3.63) is 29.8 Å². The number of nitrogens with zero attached hydrogens (tertiary/aromatic N) is 1. The van der Waals surface area contributed by atoms with Crippen LogP contribution in [0.4, 0.5) is 5.69 Å². The van der Waals surface area contributed by atoms with Crippen molar-refractivity contribution < 1.29 is 9.90 Å². The van der Waals surface area contributed by atoms with Crippen LogP contribution in [0.5, 0.6) is 0 Å². The molecule has 0 saturated heterocycles. The maximum atomic E-state index is 11.5. The van der Waals surface area contributed by atoms with Crippen LogP contribution in [0.1, 0.15) is 18.9 Å². The van der Waals surface area contributed by atoms with Gasteiger partial charge in [0.25, 0.3) is 0 Å². The largest absolute Gasteiger partial charge is 0.396 e. The van der Waals surface area contributed by atoms with E-state index in [1.54, 1.807) is 13.0 Å². The van der Waals surface area contributed by atoms with Crippen LogP contribution in [0.25, 0.3) is 0 Å². The minimum absolute atomic E-state index is 0.155. The lowest BCUT2D eigenvalue weighted by atomic mass is 10.1. The third kappa shape index (κ3) is 4.25. The van der Waals surface area contributed by atoms with Crippen LogP contribution in [0.3, 0.4) is 0 Å². The minimum Gasteiger partial charge on any atom is -0.396 e. The van der Waals surface area contributed by atoms with Gasteiger partial charge in [0, 0.05) is 12.3 Å². The summed E-state index contributed by atoms with van der Waals surface area (Å²) in [5, 5.41) is 20.0. The first kappa shape index (κ1) is 13.2. The fourth-order valence-corrected chi connectivity index (χ4v) is 1.40. The summed E-state index contributed by atoms with van der Waals surface area (Å²) in [5.41, 5.74) is 1.74. The van der Waals surface area contributed by atoms with Gasteiger partial charge in [-0.15, -0.1) is 0 Å². The maximum Gasteiger partial charge on any atom is 0.241 e. The van der Waals surface area contributed by atoms with Crippen molar-refractivity contribution in [3.8, 4) is 6.07 Å². The Labute approximate surface area is 101 Å². The molecule has 4 heteroatoms. The van der Waals surface area contributed by atoms with Crippen LogP contribution >= 0.6 is 0 Å². The van der Waals surface area contributed by atoms with E-state index in [1.165, 1.54) is 0 Å². The molecular formula is C13H16N2O2. The average Bonchev–Trinajstić information content (AvgIpc) is 2.35. The molecule has 1 amide bonds. The molecule has 0 aromatic heterocycles. The summed E-state index contributed by atoms with van der Waals surface area (Å²) < 4.78 is 0. The highest BCUT2D eigenvalue weighted by atomic mass is 16.2. The summed E-state index contributed by atoms with van der Waals surface area (Å²) in [6.45, 7) is 1.72. The molecule has 2 N–H and O–H groups in total. The fraction of sp³-hybridized carbons (Fsp3) is 0.385. The van der Waals surface area contributed by atoms with Gasteiger partial charge < -0.3 is 10.4 Å². The average molecular weight is 232 g/mol. The van der Waals surface area contributed by atoms with Crippen molar-refractivity contribution in [2.45, 2.75) is 19.8 Å². The van der Waals surface area contributed by atoms with Crippen LogP contribution in [0.15, 0.2) is 24.3 Å². The molecule has 0 aliphatic heterocycles. The van der Waals surface area contributed by atoms with Gasteiger partial charge in [-0.25, -0.2) is 0 Å². The van der Waals surface area contributed by atoms with Crippen molar-refractivity contribution in [2.24, 2.45) is 5.92 Å². The molecule has 0 heterocycles. The van der Waals surface area contributed by atoms with E-state index in [1.807, 2.05) is 24.3 Å². The van der Waals surface area contributed by atoms with Gasteiger partial charge >= 0.3 is 0 Å². The number of carbonyl (C=O) groups excluding carboxylic acids is 1. The van der Waals surface area contributed by atoms with Gasteiger partial charge in [-0.2, -0.15) is 5.26 Å². The van der Waals surface area contributed by atoms with Gasteiger partial charge in [-0.05, 0) is 37.5 Å². The Morgan fingerprint density at radius 1 is 1.59 bits per heavy atom. The highest BCUT2D eigenvalue weighted by Crippen LogP contribution is 2.13. The standard InChI is InChI=1S/C13H16N2O2/c1-10(9-14)13(17)15-12-6-2-4-11(8-12)5-3-7-16/h2,4,6,8,10,16H,3,5,7H2,1H3,(H,15,17). The molecule has 0 radical (unpaired) electrons. The van der Waals surface area contributed by atoms with E-state index in [0.29, 0.717) is 12.1 Å². The fourth-order valence-electron chi connectivity index (χ4n) is 1.40. The summed E-state index contributed by atoms with van der Waals surface area (Å²) in [6.07, 6.45) is 1.47. The molecule has 0 spiro atoms. The first-order valence-electron chi connectivity index (χ1n) is 5.57. The zero-order valence-electron chi connectivity index (χ0n) is 9.81. The lowest BCUT2D eigenvalue weighted by Crippen LogP contribution is -2.18. The lowest BCUT2D eigenvalue weighted by molar-refractivity contribution is -0.117. The second-order valence-electron chi connectivity index (χ2n) is 3.87. The smallest absolute Gasteiger partial charge is 0.241 e. The monoisotopic (exact) mass is 232 g/mol. The van der Waals surface area contributed by atoms with E-state index >= 15 is 0 Å². The Hall–Kier alpha value is -1.86. The quantitative estimate of drug-likeness (QED) is 0.811. The second kappa shape index (κ2) is 6.66. The summed E-state index contributed by atoms with van der Waals surface area (Å²) in [4.78, 5) is 11.5. The molecule has 90 valence electrons. The SMILES string of the molecule is CC(C#N)C(=O)Nc1cccc(CCCO)c1. The first-order valence-corrected chi connectivity index (χ1v) is 5.57. The Balaban J connectivity index is 2.66. The molecule has 4 nitrogen and oxygen atoms in total. The molecule has 0 aliphatic carbocycles. The predicted molar refractivity (Wildman–Crippen MR) is 65.3 cm³/mol. The molecule has 1 aromatic rings. The van der Waals surface area contributed by atoms with Gasteiger partial charge in [0.2, 0.25) is 5.91 Å². The van der Waals surface area contributed by atoms with E-state index in [9.17, 15) is 4.79 Å². The number of nitriles is 1. The van der Waals surface area contributed by atoms with Crippen LogP contribution in [-0.2, 0) is 11.2 Å². The van der Waals surface area contributed by atoms with Crippen LogP contribution in [-0.4, -0.2) is 17.6 Å². The van der Waals surface area contributed by atoms with E-state index in [4.69, 9.17) is 10.4 Å².